The van der Waals surface area contributed by atoms with Crippen LogP contribution < -0.4 is 4.74 Å². The molecular weight excluding hydrogens is 222 g/mol. The number of rotatable bonds is 2. The van der Waals surface area contributed by atoms with E-state index in [9.17, 15) is 0 Å². The average molecular weight is 245 g/mol. The van der Waals surface area contributed by atoms with Crippen molar-refractivity contribution in [3.8, 4) is 5.75 Å². The first-order valence-electron chi connectivity index (χ1n) is 7.13. The molecule has 3 rings (SSSR count). The lowest BCUT2D eigenvalue weighted by Crippen LogP contribution is -2.34. The molecule has 2 heteroatoms. The van der Waals surface area contributed by atoms with Gasteiger partial charge in [0.25, 0.3) is 0 Å². The fourth-order valence-corrected chi connectivity index (χ4v) is 3.76. The molecule has 0 saturated carbocycles. The van der Waals surface area contributed by atoms with Crippen molar-refractivity contribution in [1.29, 1.82) is 0 Å². The molecule has 0 amide bonds. The predicted octanol–water partition coefficient (Wildman–Crippen LogP) is 3.07. The lowest BCUT2D eigenvalue weighted by Gasteiger charge is -2.34. The van der Waals surface area contributed by atoms with Gasteiger partial charge in [0.15, 0.2) is 0 Å². The molecular formula is C16H23NO. The summed E-state index contributed by atoms with van der Waals surface area (Å²) in [4.78, 5) is 2.49. The fraction of sp³-hybridized carbons (Fsp3) is 0.625. The van der Waals surface area contributed by atoms with Gasteiger partial charge in [0, 0.05) is 6.54 Å². The summed E-state index contributed by atoms with van der Waals surface area (Å²) in [6.45, 7) is 2.54. The molecule has 0 bridgehead atoms. The maximum Gasteiger partial charge on any atom is 0.119 e. The Bertz CT molecular complexity index is 429. The van der Waals surface area contributed by atoms with E-state index in [4.69, 9.17) is 4.74 Å². The molecule has 0 radical (unpaired) electrons. The third-order valence-corrected chi connectivity index (χ3v) is 4.71. The van der Waals surface area contributed by atoms with Crippen LogP contribution in [0.15, 0.2) is 18.2 Å². The van der Waals surface area contributed by atoms with E-state index in [-0.39, 0.29) is 0 Å². The summed E-state index contributed by atoms with van der Waals surface area (Å²) >= 11 is 0. The van der Waals surface area contributed by atoms with Gasteiger partial charge in [-0.05, 0) is 74.4 Å². The first-order valence-corrected chi connectivity index (χ1v) is 7.13. The summed E-state index contributed by atoms with van der Waals surface area (Å²) in [5.41, 5.74) is 3.11. The Morgan fingerprint density at radius 1 is 1.28 bits per heavy atom. The Hall–Kier alpha value is -1.02. The maximum atomic E-state index is 5.39. The Labute approximate surface area is 110 Å². The van der Waals surface area contributed by atoms with E-state index in [1.807, 2.05) is 0 Å². The summed E-state index contributed by atoms with van der Waals surface area (Å²) in [5, 5.41) is 0. The Kier molecular flexibility index (Phi) is 3.29. The van der Waals surface area contributed by atoms with E-state index < -0.39 is 0 Å². The van der Waals surface area contributed by atoms with Gasteiger partial charge in [-0.25, -0.2) is 0 Å². The summed E-state index contributed by atoms with van der Waals surface area (Å²) in [6, 6.07) is 6.65. The Morgan fingerprint density at radius 3 is 2.94 bits per heavy atom. The van der Waals surface area contributed by atoms with E-state index >= 15 is 0 Å². The highest BCUT2D eigenvalue weighted by molar-refractivity contribution is 5.41. The van der Waals surface area contributed by atoms with Crippen molar-refractivity contribution in [3.05, 3.63) is 29.3 Å². The molecule has 1 aromatic rings. The van der Waals surface area contributed by atoms with Gasteiger partial charge < -0.3 is 9.64 Å². The second kappa shape index (κ2) is 4.93. The molecule has 2 unspecified atom stereocenters. The largest absolute Gasteiger partial charge is 0.497 e. The van der Waals surface area contributed by atoms with Crippen LogP contribution in [0.3, 0.4) is 0 Å². The van der Waals surface area contributed by atoms with E-state index in [1.165, 1.54) is 38.8 Å². The van der Waals surface area contributed by atoms with Crippen LogP contribution in [0.5, 0.6) is 5.75 Å². The van der Waals surface area contributed by atoms with Crippen molar-refractivity contribution in [3.63, 3.8) is 0 Å². The fourth-order valence-electron chi connectivity index (χ4n) is 3.76. The molecule has 1 fully saturated rings. The summed E-state index contributed by atoms with van der Waals surface area (Å²) in [6.07, 6.45) is 5.34. The van der Waals surface area contributed by atoms with Gasteiger partial charge in [0.05, 0.1) is 7.11 Å². The van der Waals surface area contributed by atoms with Gasteiger partial charge in [-0.15, -0.1) is 0 Å². The third kappa shape index (κ3) is 2.14. The third-order valence-electron chi connectivity index (χ3n) is 4.71. The van der Waals surface area contributed by atoms with Crippen molar-refractivity contribution in [1.82, 2.24) is 4.90 Å². The molecule has 1 aromatic carbocycles. The number of likely N-dealkylation sites (tertiary alicyclic amines) is 1. The average Bonchev–Trinajstić information content (AvgIpc) is 2.81. The van der Waals surface area contributed by atoms with E-state index in [2.05, 4.69) is 30.1 Å². The van der Waals surface area contributed by atoms with Crippen molar-refractivity contribution < 1.29 is 4.74 Å². The molecule has 2 aliphatic rings. The van der Waals surface area contributed by atoms with Crippen LogP contribution in [0.25, 0.3) is 0 Å². The highest BCUT2D eigenvalue weighted by Crippen LogP contribution is 2.42. The molecule has 2 atom stereocenters. The number of hydrogen-bond donors (Lipinski definition) is 0. The number of piperidine rings is 1. The maximum absolute atomic E-state index is 5.39. The number of benzene rings is 1. The molecule has 1 heterocycles. The molecule has 0 aromatic heterocycles. The van der Waals surface area contributed by atoms with E-state index in [0.717, 1.165) is 17.6 Å². The minimum absolute atomic E-state index is 0.762. The van der Waals surface area contributed by atoms with E-state index in [0.29, 0.717) is 0 Å². The smallest absolute Gasteiger partial charge is 0.119 e. The normalized spacial score (nSPS) is 28.1. The standard InChI is InChI=1S/C16H23NO/c1-17-9-3-4-13(11-17)15-8-6-12-5-7-14(18-2)10-16(12)15/h5,7,10,13,15H,3-4,6,8-9,11H2,1-2H3. The molecule has 18 heavy (non-hydrogen) atoms. The molecule has 0 spiro atoms. The lowest BCUT2D eigenvalue weighted by atomic mass is 9.82. The van der Waals surface area contributed by atoms with Crippen LogP contribution in [-0.2, 0) is 6.42 Å². The van der Waals surface area contributed by atoms with Crippen molar-refractivity contribution in [2.24, 2.45) is 5.92 Å². The predicted molar refractivity (Wildman–Crippen MR) is 74.3 cm³/mol. The number of ether oxygens (including phenoxy) is 1. The number of methoxy groups -OCH3 is 1. The quantitative estimate of drug-likeness (QED) is 0.794. The van der Waals surface area contributed by atoms with Gasteiger partial charge in [-0.3, -0.25) is 0 Å². The van der Waals surface area contributed by atoms with Crippen LogP contribution in [0.4, 0.5) is 0 Å². The minimum atomic E-state index is 0.762. The zero-order valence-corrected chi connectivity index (χ0v) is 11.5. The number of aryl methyl sites for hydroxylation is 1. The second-order valence-corrected chi connectivity index (χ2v) is 5.87. The van der Waals surface area contributed by atoms with Crippen LogP contribution in [0, 0.1) is 5.92 Å². The summed E-state index contributed by atoms with van der Waals surface area (Å²) < 4.78 is 5.39. The van der Waals surface area contributed by atoms with Crippen LogP contribution in [0.1, 0.15) is 36.3 Å². The zero-order valence-electron chi connectivity index (χ0n) is 11.5. The Morgan fingerprint density at radius 2 is 2.17 bits per heavy atom. The summed E-state index contributed by atoms with van der Waals surface area (Å²) in [5.74, 6) is 2.62. The van der Waals surface area contributed by atoms with Crippen molar-refractivity contribution in [2.75, 3.05) is 27.2 Å². The van der Waals surface area contributed by atoms with Gasteiger partial charge >= 0.3 is 0 Å². The van der Waals surface area contributed by atoms with Gasteiger partial charge in [-0.1, -0.05) is 6.07 Å². The van der Waals surface area contributed by atoms with Crippen LogP contribution >= 0.6 is 0 Å². The monoisotopic (exact) mass is 245 g/mol. The molecule has 1 aliphatic carbocycles. The second-order valence-electron chi connectivity index (χ2n) is 5.87. The lowest BCUT2D eigenvalue weighted by molar-refractivity contribution is 0.186. The SMILES string of the molecule is COc1ccc2c(c1)C(C1CCCN(C)C1)CC2. The minimum Gasteiger partial charge on any atom is -0.497 e. The molecule has 1 saturated heterocycles. The van der Waals surface area contributed by atoms with Crippen molar-refractivity contribution in [2.45, 2.75) is 31.6 Å². The Balaban J connectivity index is 1.84. The number of hydrogen-bond acceptors (Lipinski definition) is 2. The molecule has 1 aliphatic heterocycles. The van der Waals surface area contributed by atoms with Crippen LogP contribution in [-0.4, -0.2) is 32.1 Å². The molecule has 98 valence electrons. The highest BCUT2D eigenvalue weighted by atomic mass is 16.5. The first-order chi connectivity index (χ1) is 8.78. The zero-order chi connectivity index (χ0) is 12.5. The number of nitrogens with zero attached hydrogens (tertiary/aromatic N) is 1. The van der Waals surface area contributed by atoms with Crippen LogP contribution in [0.2, 0.25) is 0 Å². The van der Waals surface area contributed by atoms with E-state index in [1.54, 1.807) is 18.2 Å². The van der Waals surface area contributed by atoms with Gasteiger partial charge in [0.1, 0.15) is 5.75 Å². The van der Waals surface area contributed by atoms with Crippen molar-refractivity contribution >= 4 is 0 Å². The molecule has 0 N–H and O–H groups in total. The summed E-state index contributed by atoms with van der Waals surface area (Å²) in [7, 11) is 4.02. The highest BCUT2D eigenvalue weighted by Gasteiger charge is 2.32. The topological polar surface area (TPSA) is 12.5 Å². The van der Waals surface area contributed by atoms with Gasteiger partial charge in [0.2, 0.25) is 0 Å². The molecule has 2 nitrogen and oxygen atoms in total. The first kappa shape index (κ1) is 12.0. The number of fused-ring (bicyclic) bond motifs is 1. The van der Waals surface area contributed by atoms with Gasteiger partial charge in [-0.2, -0.15) is 0 Å².